The van der Waals surface area contributed by atoms with Gasteiger partial charge in [-0.3, -0.25) is 0 Å². The Morgan fingerprint density at radius 2 is 0.641 bits per heavy atom. The molecule has 0 unspecified atom stereocenters. The number of aromatic nitrogens is 2. The van der Waals surface area contributed by atoms with Crippen molar-refractivity contribution in [3.63, 3.8) is 0 Å². The van der Waals surface area contributed by atoms with Crippen LogP contribution in [0.2, 0.25) is 0 Å². The summed E-state index contributed by atoms with van der Waals surface area (Å²) in [5.41, 5.74) is 0. The van der Waals surface area contributed by atoms with E-state index in [1.54, 1.807) is 45.3 Å². The van der Waals surface area contributed by atoms with E-state index in [0.29, 0.717) is 19.8 Å². The van der Waals surface area contributed by atoms with E-state index in [0.717, 1.165) is 85.1 Å². The van der Waals surface area contributed by atoms with Gasteiger partial charge in [-0.15, -0.1) is 90.7 Å². The molecule has 8 rings (SSSR count). The van der Waals surface area contributed by atoms with Crippen LogP contribution in [0.4, 0.5) is 0 Å². The second kappa shape index (κ2) is 32.9. The van der Waals surface area contributed by atoms with Crippen molar-refractivity contribution in [2.45, 2.75) is 196 Å². The summed E-state index contributed by atoms with van der Waals surface area (Å²) in [4.78, 5) is 27.5. The lowest BCUT2D eigenvalue weighted by Crippen LogP contribution is -1.99. The Kier molecular flexibility index (Phi) is 25.7. The van der Waals surface area contributed by atoms with Gasteiger partial charge in [0.25, 0.3) is 0 Å². The van der Waals surface area contributed by atoms with E-state index >= 15 is 0 Å². The molecule has 0 amide bonds. The summed E-state index contributed by atoms with van der Waals surface area (Å²) in [6.07, 6.45) is 29.4. The van der Waals surface area contributed by atoms with Crippen LogP contribution in [0.15, 0.2) is 60.7 Å². The first kappa shape index (κ1) is 60.7. The highest BCUT2D eigenvalue weighted by molar-refractivity contribution is 7.31. The number of rotatable bonds is 39. The van der Waals surface area contributed by atoms with E-state index in [2.05, 4.69) is 102 Å². The predicted octanol–water partition coefficient (Wildman–Crippen LogP) is 24.2. The van der Waals surface area contributed by atoms with Gasteiger partial charge in [-0.05, 0) is 94.1 Å². The molecule has 0 spiro atoms. The maximum Gasteiger partial charge on any atom is 0.234 e. The Morgan fingerprint density at radius 1 is 0.295 bits per heavy atom. The number of thiophene rings is 6. The van der Waals surface area contributed by atoms with E-state index in [1.807, 2.05) is 45.3 Å². The molecule has 78 heavy (non-hydrogen) atoms. The molecule has 8 heterocycles. The van der Waals surface area contributed by atoms with Crippen LogP contribution in [-0.4, -0.2) is 36.4 Å². The molecule has 0 aromatic carbocycles. The number of ether oxygens (including phenoxy) is 4. The molecule has 0 atom stereocenters. The van der Waals surface area contributed by atoms with Crippen molar-refractivity contribution >= 4 is 90.7 Å². The summed E-state index contributed by atoms with van der Waals surface area (Å²) in [6, 6.07) is 22.6. The fourth-order valence-electron chi connectivity index (χ4n) is 9.40. The van der Waals surface area contributed by atoms with Gasteiger partial charge >= 0.3 is 0 Å². The molecule has 6 nitrogen and oxygen atoms in total. The van der Waals surface area contributed by atoms with Crippen LogP contribution in [-0.2, 0) is 0 Å². The summed E-state index contributed by atoms with van der Waals surface area (Å²) in [7, 11) is 0. The molecular weight excluding hydrogens is 1120 g/mol. The lowest BCUT2D eigenvalue weighted by atomic mass is 10.1. The maximum absolute atomic E-state index is 6.75. The second-order valence-corrected chi connectivity index (χ2v) is 29.4. The summed E-state index contributed by atoms with van der Waals surface area (Å²) in [5, 5.41) is 1.94. The van der Waals surface area contributed by atoms with Crippen molar-refractivity contribution in [2.24, 2.45) is 0 Å². The molecule has 0 saturated heterocycles. The zero-order chi connectivity index (χ0) is 54.3. The zero-order valence-electron chi connectivity index (χ0n) is 47.4. The normalized spacial score (nSPS) is 11.6. The number of aryl methyl sites for hydroxylation is 2. The Bertz CT molecular complexity index is 2960. The summed E-state index contributed by atoms with van der Waals surface area (Å²) in [6.45, 7) is 16.2. The molecule has 0 N–H and O–H groups in total. The van der Waals surface area contributed by atoms with Gasteiger partial charge < -0.3 is 18.9 Å². The molecule has 422 valence electrons. The van der Waals surface area contributed by atoms with Crippen LogP contribution < -0.4 is 18.9 Å². The first-order valence-corrected chi connectivity index (χ1v) is 36.0. The van der Waals surface area contributed by atoms with E-state index in [9.17, 15) is 0 Å². The monoisotopic (exact) mass is 1200 g/mol. The van der Waals surface area contributed by atoms with Gasteiger partial charge in [0.2, 0.25) is 11.8 Å². The third-order valence-electron chi connectivity index (χ3n) is 13.8. The maximum atomic E-state index is 6.75. The third-order valence-corrected chi connectivity index (χ3v) is 23.6. The summed E-state index contributed by atoms with van der Waals surface area (Å²) < 4.78 is 26.6. The molecule has 0 aliphatic rings. The van der Waals surface area contributed by atoms with E-state index < -0.39 is 0 Å². The van der Waals surface area contributed by atoms with Gasteiger partial charge in [0.1, 0.15) is 41.0 Å². The molecule has 0 bridgehead atoms. The van der Waals surface area contributed by atoms with E-state index in [4.69, 9.17) is 28.9 Å². The first-order chi connectivity index (χ1) is 38.3. The molecule has 0 fully saturated rings. The van der Waals surface area contributed by atoms with Gasteiger partial charge in [0, 0.05) is 45.1 Å². The van der Waals surface area contributed by atoms with Crippen LogP contribution in [0, 0.1) is 13.8 Å². The van der Waals surface area contributed by atoms with Crippen molar-refractivity contribution < 1.29 is 18.9 Å². The minimum atomic E-state index is 0.657. The minimum Gasteiger partial charge on any atom is -0.492 e. The molecule has 8 aromatic heterocycles. The molecule has 0 aliphatic heterocycles. The number of hydrogen-bond donors (Lipinski definition) is 0. The topological polar surface area (TPSA) is 62.7 Å². The molecule has 0 radical (unpaired) electrons. The SMILES string of the molecule is CCCCCCCCOc1cc(C)sc1-c1nc(OCCCCCCCC)c(-c2ccc(-c3ccc(-c4sc(-c5sc(-c6ccc(-c7ccc(C)s7)s6)cc5OCCCCCCCC)nc4OCCCCCCCC)s3)s2)s1. The van der Waals surface area contributed by atoms with Crippen molar-refractivity contribution in [3.8, 4) is 91.8 Å². The zero-order valence-corrected chi connectivity index (χ0v) is 53.9. The Hall–Kier alpha value is -3.34. The molecule has 14 heteroatoms. The van der Waals surface area contributed by atoms with E-state index in [-0.39, 0.29) is 0 Å². The number of hydrogen-bond acceptors (Lipinski definition) is 14. The lowest BCUT2D eigenvalue weighted by Gasteiger charge is -2.06. The van der Waals surface area contributed by atoms with Crippen LogP contribution >= 0.6 is 90.7 Å². The Balaban J connectivity index is 1.06. The standard InChI is InChI=1S/C64H84N2O4S8/c1-7-11-15-19-23-27-39-67-47-43-46(6)72-57(47)63-65-61(69-41-29-25-21-17-13-9-3)59(77-63)54-37-35-51(74-54)52-36-38-55(75-52)60-62(70-42-30-26-22-18-14-10-4)66-64(78-60)58-48(68-40-28-24-20-16-12-8-2)44-56(76-58)53-34-33-50(73-53)49-32-31-45(5)71-49/h31-38,43-44H,7-30,39-42H2,1-6H3. The van der Waals surface area contributed by atoms with Crippen molar-refractivity contribution in [1.82, 2.24) is 9.97 Å². The average Bonchev–Trinajstić information content (AvgIpc) is 4.43. The quantitative estimate of drug-likeness (QED) is 0.0358. The van der Waals surface area contributed by atoms with Crippen molar-refractivity contribution in [3.05, 3.63) is 70.4 Å². The van der Waals surface area contributed by atoms with Gasteiger partial charge in [-0.1, -0.05) is 156 Å². The van der Waals surface area contributed by atoms with Gasteiger partial charge in [0.15, 0.2) is 0 Å². The number of thiazole rings is 2. The summed E-state index contributed by atoms with van der Waals surface area (Å²) >= 11 is 14.4. The van der Waals surface area contributed by atoms with Gasteiger partial charge in [0.05, 0.1) is 36.2 Å². The van der Waals surface area contributed by atoms with Gasteiger partial charge in [-0.25, -0.2) is 9.97 Å². The first-order valence-electron chi connectivity index (χ1n) is 29.5. The molecular formula is C64H84N2O4S8. The van der Waals surface area contributed by atoms with E-state index in [1.165, 1.54) is 177 Å². The predicted molar refractivity (Wildman–Crippen MR) is 348 cm³/mol. The van der Waals surface area contributed by atoms with Crippen LogP contribution in [0.3, 0.4) is 0 Å². The highest BCUT2D eigenvalue weighted by Crippen LogP contribution is 2.53. The fraction of sp³-hybridized carbons (Fsp3) is 0.531. The average molecular weight is 1200 g/mol. The lowest BCUT2D eigenvalue weighted by molar-refractivity contribution is 0.296. The van der Waals surface area contributed by atoms with Crippen LogP contribution in [0.1, 0.15) is 192 Å². The molecule has 0 saturated carbocycles. The smallest absolute Gasteiger partial charge is 0.234 e. The highest BCUT2D eigenvalue weighted by atomic mass is 32.1. The minimum absolute atomic E-state index is 0.657. The summed E-state index contributed by atoms with van der Waals surface area (Å²) in [5.74, 6) is 3.35. The van der Waals surface area contributed by atoms with Crippen LogP contribution in [0.25, 0.3) is 68.5 Å². The largest absolute Gasteiger partial charge is 0.492 e. The van der Waals surface area contributed by atoms with Crippen LogP contribution in [0.5, 0.6) is 23.3 Å². The Labute approximate surface area is 499 Å². The van der Waals surface area contributed by atoms with Crippen molar-refractivity contribution in [1.29, 1.82) is 0 Å². The molecule has 0 aliphatic carbocycles. The highest BCUT2D eigenvalue weighted by Gasteiger charge is 2.26. The Morgan fingerprint density at radius 3 is 1.08 bits per heavy atom. The number of nitrogens with zero attached hydrogens (tertiary/aromatic N) is 2. The second-order valence-electron chi connectivity index (χ2n) is 20.5. The third kappa shape index (κ3) is 17.8. The number of unbranched alkanes of at least 4 members (excludes halogenated alkanes) is 20. The molecule has 8 aromatic rings. The van der Waals surface area contributed by atoms with Crippen molar-refractivity contribution in [2.75, 3.05) is 26.4 Å². The fourth-order valence-corrected chi connectivity index (χ4v) is 18.0. The van der Waals surface area contributed by atoms with Gasteiger partial charge in [-0.2, -0.15) is 0 Å².